The lowest BCUT2D eigenvalue weighted by atomic mass is 10.3. The van der Waals surface area contributed by atoms with Gasteiger partial charge in [0, 0.05) is 17.8 Å². The number of anilines is 1. The molecule has 9 heteroatoms. The Bertz CT molecular complexity index is 572. The zero-order valence-corrected chi connectivity index (χ0v) is 11.7. The average molecular weight is 311 g/mol. The number of thioether (sulfide) groups is 1. The van der Waals surface area contributed by atoms with E-state index in [-0.39, 0.29) is 23.9 Å². The number of hydrogen-bond acceptors (Lipinski definition) is 6. The molecule has 0 bridgehead atoms. The largest absolute Gasteiger partial charge is 0.325 e. The Hall–Kier alpha value is -2.00. The van der Waals surface area contributed by atoms with Crippen LogP contribution >= 0.6 is 24.0 Å². The standard InChI is InChI=1S/C11H9N3O4S2/c15-9(5-13-10(16)6-20-11(13)19)12-7-1-3-8(4-2-7)14(17)18/h1-4H,5-6H2,(H,12,15). The summed E-state index contributed by atoms with van der Waals surface area (Å²) in [5.41, 5.74) is 0.362. The lowest BCUT2D eigenvalue weighted by Crippen LogP contribution is -2.36. The molecule has 1 fully saturated rings. The minimum atomic E-state index is -0.524. The smallest absolute Gasteiger partial charge is 0.269 e. The number of thiocarbonyl (C=S) groups is 1. The molecule has 0 saturated carbocycles. The Labute approximate surface area is 123 Å². The van der Waals surface area contributed by atoms with E-state index in [1.54, 1.807) is 0 Å². The minimum absolute atomic E-state index is 0.0599. The number of non-ortho nitro benzene ring substituents is 1. The summed E-state index contributed by atoms with van der Waals surface area (Å²) in [6, 6.07) is 5.43. The maximum Gasteiger partial charge on any atom is 0.269 e. The van der Waals surface area contributed by atoms with Crippen LogP contribution in [0.25, 0.3) is 0 Å². The van der Waals surface area contributed by atoms with Crippen LogP contribution in [0, 0.1) is 10.1 Å². The molecular formula is C11H9N3O4S2. The fourth-order valence-corrected chi connectivity index (χ4v) is 2.61. The molecule has 1 heterocycles. The summed E-state index contributed by atoms with van der Waals surface area (Å²) in [6.07, 6.45) is 0. The lowest BCUT2D eigenvalue weighted by molar-refractivity contribution is -0.384. The van der Waals surface area contributed by atoms with Crippen molar-refractivity contribution in [1.82, 2.24) is 4.90 Å². The first-order valence-corrected chi connectivity index (χ1v) is 6.88. The molecule has 0 atom stereocenters. The van der Waals surface area contributed by atoms with Gasteiger partial charge in [-0.1, -0.05) is 24.0 Å². The molecule has 2 rings (SSSR count). The third-order valence-corrected chi connectivity index (χ3v) is 3.94. The summed E-state index contributed by atoms with van der Waals surface area (Å²) < 4.78 is 0.383. The monoisotopic (exact) mass is 311 g/mol. The summed E-state index contributed by atoms with van der Waals surface area (Å²) in [7, 11) is 0. The van der Waals surface area contributed by atoms with Crippen LogP contribution in [-0.4, -0.2) is 38.3 Å². The molecule has 7 nitrogen and oxygen atoms in total. The molecule has 0 spiro atoms. The highest BCUT2D eigenvalue weighted by molar-refractivity contribution is 8.23. The van der Waals surface area contributed by atoms with Gasteiger partial charge in [0.05, 0.1) is 10.7 Å². The van der Waals surface area contributed by atoms with Gasteiger partial charge in [0.2, 0.25) is 11.8 Å². The van der Waals surface area contributed by atoms with Crippen molar-refractivity contribution in [2.75, 3.05) is 17.6 Å². The number of nitrogens with one attached hydrogen (secondary N) is 1. The molecule has 104 valence electrons. The molecule has 1 aliphatic rings. The Morgan fingerprint density at radius 2 is 2.10 bits per heavy atom. The predicted molar refractivity (Wildman–Crippen MR) is 78.5 cm³/mol. The average Bonchev–Trinajstić information content (AvgIpc) is 2.71. The predicted octanol–water partition coefficient (Wildman–Crippen LogP) is 1.39. The van der Waals surface area contributed by atoms with Crippen LogP contribution < -0.4 is 5.32 Å². The zero-order valence-electron chi connectivity index (χ0n) is 10.1. The first-order valence-electron chi connectivity index (χ1n) is 5.49. The summed E-state index contributed by atoms with van der Waals surface area (Å²) >= 11 is 6.18. The van der Waals surface area contributed by atoms with Gasteiger partial charge in [-0.25, -0.2) is 0 Å². The van der Waals surface area contributed by atoms with Crippen molar-refractivity contribution < 1.29 is 14.5 Å². The first-order chi connectivity index (χ1) is 9.47. The van der Waals surface area contributed by atoms with E-state index >= 15 is 0 Å². The number of carbonyl (C=O) groups is 2. The molecule has 1 aromatic rings. The van der Waals surface area contributed by atoms with Gasteiger partial charge >= 0.3 is 0 Å². The van der Waals surface area contributed by atoms with Crippen LogP contribution in [0.2, 0.25) is 0 Å². The van der Waals surface area contributed by atoms with E-state index in [9.17, 15) is 19.7 Å². The Kier molecular flexibility index (Phi) is 4.30. The summed E-state index contributed by atoms with van der Waals surface area (Å²) in [5.74, 6) is -0.347. The van der Waals surface area contributed by atoms with Crippen LogP contribution in [0.4, 0.5) is 11.4 Å². The molecule has 1 saturated heterocycles. The molecule has 0 unspecified atom stereocenters. The molecule has 0 aliphatic carbocycles. The molecule has 1 N–H and O–H groups in total. The van der Waals surface area contributed by atoms with Gasteiger partial charge in [-0.05, 0) is 12.1 Å². The number of nitrogens with zero attached hydrogens (tertiary/aromatic N) is 2. The van der Waals surface area contributed by atoms with Gasteiger partial charge in [0.25, 0.3) is 5.69 Å². The summed E-state index contributed by atoms with van der Waals surface area (Å²) in [6.45, 7) is -0.151. The number of carbonyl (C=O) groups excluding carboxylic acids is 2. The molecule has 1 aromatic carbocycles. The molecule has 1 aliphatic heterocycles. The highest BCUT2D eigenvalue weighted by Gasteiger charge is 2.28. The summed E-state index contributed by atoms with van der Waals surface area (Å²) in [5, 5.41) is 13.0. The van der Waals surface area contributed by atoms with Crippen molar-refractivity contribution in [2.24, 2.45) is 0 Å². The normalized spacial score (nSPS) is 14.5. The fourth-order valence-electron chi connectivity index (χ4n) is 1.54. The number of amides is 2. The number of hydrogen-bond donors (Lipinski definition) is 1. The number of nitro benzene ring substituents is 1. The highest BCUT2D eigenvalue weighted by atomic mass is 32.2. The molecule has 0 radical (unpaired) electrons. The number of nitro groups is 1. The van der Waals surface area contributed by atoms with E-state index in [4.69, 9.17) is 12.2 Å². The maximum absolute atomic E-state index is 11.8. The van der Waals surface area contributed by atoms with Crippen molar-refractivity contribution in [3.63, 3.8) is 0 Å². The second-order valence-corrected chi connectivity index (χ2v) is 5.50. The van der Waals surface area contributed by atoms with Crippen LogP contribution in [0.1, 0.15) is 0 Å². The Morgan fingerprint density at radius 3 is 2.60 bits per heavy atom. The first kappa shape index (κ1) is 14.4. The van der Waals surface area contributed by atoms with Gasteiger partial charge in [-0.2, -0.15) is 0 Å². The molecular weight excluding hydrogens is 302 g/mol. The zero-order chi connectivity index (χ0) is 14.7. The fraction of sp³-hybridized carbons (Fsp3) is 0.182. The Balaban J connectivity index is 1.96. The van der Waals surface area contributed by atoms with E-state index in [2.05, 4.69) is 5.32 Å². The van der Waals surface area contributed by atoms with Crippen molar-refractivity contribution in [1.29, 1.82) is 0 Å². The lowest BCUT2D eigenvalue weighted by Gasteiger charge is -2.14. The second-order valence-electron chi connectivity index (χ2n) is 3.89. The van der Waals surface area contributed by atoms with Crippen LogP contribution in [-0.2, 0) is 9.59 Å². The second kappa shape index (κ2) is 5.97. The topological polar surface area (TPSA) is 92.6 Å². The van der Waals surface area contributed by atoms with E-state index in [0.717, 1.165) is 0 Å². The maximum atomic E-state index is 11.8. The number of benzene rings is 1. The van der Waals surface area contributed by atoms with Gasteiger partial charge in [-0.15, -0.1) is 0 Å². The minimum Gasteiger partial charge on any atom is -0.325 e. The van der Waals surface area contributed by atoms with Crippen LogP contribution in [0.5, 0.6) is 0 Å². The third kappa shape index (κ3) is 3.31. The van der Waals surface area contributed by atoms with Crippen molar-refractivity contribution in [3.05, 3.63) is 34.4 Å². The molecule has 20 heavy (non-hydrogen) atoms. The van der Waals surface area contributed by atoms with Crippen molar-refractivity contribution in [2.45, 2.75) is 0 Å². The quantitative estimate of drug-likeness (QED) is 0.513. The van der Waals surface area contributed by atoms with E-state index in [1.807, 2.05) is 0 Å². The van der Waals surface area contributed by atoms with E-state index in [1.165, 1.54) is 40.9 Å². The van der Waals surface area contributed by atoms with Crippen LogP contribution in [0.15, 0.2) is 24.3 Å². The van der Waals surface area contributed by atoms with E-state index < -0.39 is 10.8 Å². The van der Waals surface area contributed by atoms with Crippen LogP contribution in [0.3, 0.4) is 0 Å². The van der Waals surface area contributed by atoms with Crippen molar-refractivity contribution in [3.8, 4) is 0 Å². The molecule has 2 amide bonds. The Morgan fingerprint density at radius 1 is 1.45 bits per heavy atom. The SMILES string of the molecule is O=C(CN1C(=O)CSC1=S)Nc1ccc([N+](=O)[O-])cc1. The summed E-state index contributed by atoms with van der Waals surface area (Å²) in [4.78, 5) is 34.4. The number of rotatable bonds is 4. The van der Waals surface area contributed by atoms with Gasteiger partial charge in [-0.3, -0.25) is 24.6 Å². The molecule has 0 aromatic heterocycles. The highest BCUT2D eigenvalue weighted by Crippen LogP contribution is 2.19. The van der Waals surface area contributed by atoms with Gasteiger partial charge in [0.1, 0.15) is 10.9 Å². The van der Waals surface area contributed by atoms with Gasteiger partial charge < -0.3 is 5.32 Å². The van der Waals surface area contributed by atoms with E-state index in [0.29, 0.717) is 10.0 Å². The third-order valence-electron chi connectivity index (χ3n) is 2.50. The van der Waals surface area contributed by atoms with Crippen molar-refractivity contribution >= 4 is 51.5 Å². The van der Waals surface area contributed by atoms with Gasteiger partial charge in [0.15, 0.2) is 0 Å².